The number of nitro benzene ring substituents is 1. The van der Waals surface area contributed by atoms with E-state index in [9.17, 15) is 18.5 Å². The Kier molecular flexibility index (Phi) is 6.95. The summed E-state index contributed by atoms with van der Waals surface area (Å²) in [5, 5.41) is 19.6. The third kappa shape index (κ3) is 4.81. The van der Waals surface area contributed by atoms with Crippen LogP contribution >= 0.6 is 0 Å². The van der Waals surface area contributed by atoms with Gasteiger partial charge in [0.15, 0.2) is 0 Å². The quantitative estimate of drug-likeness (QED) is 0.296. The molecule has 11 nitrogen and oxygen atoms in total. The first-order valence-electron chi connectivity index (χ1n) is 9.82. The molecule has 0 fully saturated rings. The topological polar surface area (TPSA) is 136 Å². The van der Waals surface area contributed by atoms with Crippen molar-refractivity contribution in [1.29, 1.82) is 0 Å². The van der Waals surface area contributed by atoms with Crippen LogP contribution in [-0.4, -0.2) is 51.2 Å². The number of aromatic nitrogens is 3. The summed E-state index contributed by atoms with van der Waals surface area (Å²) < 4.78 is 29.0. The molecule has 3 aromatic rings. The van der Waals surface area contributed by atoms with E-state index in [1.165, 1.54) is 22.8 Å². The van der Waals surface area contributed by atoms with E-state index in [1.54, 1.807) is 31.8 Å². The predicted octanol–water partition coefficient (Wildman–Crippen LogP) is 3.04. The van der Waals surface area contributed by atoms with Crippen molar-refractivity contribution < 1.29 is 13.3 Å². The maximum absolute atomic E-state index is 13.1. The maximum atomic E-state index is 13.1. The van der Waals surface area contributed by atoms with E-state index in [0.717, 1.165) is 17.3 Å². The second-order valence-corrected chi connectivity index (χ2v) is 8.63. The van der Waals surface area contributed by atoms with Gasteiger partial charge in [0.1, 0.15) is 17.6 Å². The number of anilines is 1. The van der Waals surface area contributed by atoms with Gasteiger partial charge in [-0.3, -0.25) is 15.5 Å². The Morgan fingerprint density at radius 2 is 1.88 bits per heavy atom. The van der Waals surface area contributed by atoms with E-state index in [4.69, 9.17) is 0 Å². The van der Waals surface area contributed by atoms with Gasteiger partial charge in [-0.1, -0.05) is 26.0 Å². The molecule has 168 valence electrons. The third-order valence-electron chi connectivity index (χ3n) is 4.81. The molecule has 32 heavy (non-hydrogen) atoms. The number of benzene rings is 2. The van der Waals surface area contributed by atoms with Gasteiger partial charge >= 0.3 is 0 Å². The lowest BCUT2D eigenvalue weighted by Gasteiger charge is -2.20. The van der Waals surface area contributed by atoms with E-state index < -0.39 is 14.9 Å². The molecule has 1 aromatic heterocycles. The summed E-state index contributed by atoms with van der Waals surface area (Å²) in [7, 11) is -3.95. The van der Waals surface area contributed by atoms with Crippen molar-refractivity contribution in [2.75, 3.05) is 18.5 Å². The van der Waals surface area contributed by atoms with E-state index in [1.807, 2.05) is 24.3 Å². The van der Waals surface area contributed by atoms with Gasteiger partial charge in [-0.2, -0.15) is 14.5 Å². The first kappa shape index (κ1) is 23.0. The van der Waals surface area contributed by atoms with Gasteiger partial charge in [0.05, 0.1) is 22.0 Å². The number of sulfonamides is 1. The van der Waals surface area contributed by atoms with Crippen LogP contribution in [-0.2, 0) is 10.0 Å². The van der Waals surface area contributed by atoms with Crippen molar-refractivity contribution in [3.05, 3.63) is 70.8 Å². The first-order valence-corrected chi connectivity index (χ1v) is 11.3. The van der Waals surface area contributed by atoms with Gasteiger partial charge in [-0.15, -0.1) is 0 Å². The lowest BCUT2D eigenvalue weighted by molar-refractivity contribution is -0.385. The van der Waals surface area contributed by atoms with Crippen LogP contribution in [0.4, 0.5) is 11.4 Å². The molecule has 12 heteroatoms. The Morgan fingerprint density at radius 1 is 1.19 bits per heavy atom. The summed E-state index contributed by atoms with van der Waals surface area (Å²) in [5.41, 5.74) is 4.83. The van der Waals surface area contributed by atoms with Gasteiger partial charge in [0, 0.05) is 25.2 Å². The summed E-state index contributed by atoms with van der Waals surface area (Å²) in [6, 6.07) is 11.0. The standard InChI is InChI=1S/C20H23N7O4S/c1-4-25(5-2)32(30,31)20-12-18(27(28)29)10-11-19(20)24-23-15(3)16-6-8-17(9-7-16)26-14-21-13-22-26/h6-14,24H,4-5H2,1-3H3/b23-15+. The van der Waals surface area contributed by atoms with Gasteiger partial charge < -0.3 is 0 Å². The number of hydrogen-bond donors (Lipinski definition) is 1. The lowest BCUT2D eigenvalue weighted by atomic mass is 10.1. The highest BCUT2D eigenvalue weighted by molar-refractivity contribution is 7.89. The van der Waals surface area contributed by atoms with Crippen molar-refractivity contribution in [3.63, 3.8) is 0 Å². The molecule has 0 aliphatic rings. The Balaban J connectivity index is 1.92. The Hall–Kier alpha value is -3.64. The number of nitrogens with zero attached hydrogens (tertiary/aromatic N) is 6. The highest BCUT2D eigenvalue weighted by Gasteiger charge is 2.27. The van der Waals surface area contributed by atoms with Crippen LogP contribution in [0.25, 0.3) is 5.69 Å². The number of hydrogen-bond acceptors (Lipinski definition) is 8. The van der Waals surface area contributed by atoms with Crippen LogP contribution < -0.4 is 5.43 Å². The number of hydrazone groups is 1. The van der Waals surface area contributed by atoms with Gasteiger partial charge in [-0.05, 0) is 30.7 Å². The average molecular weight is 458 g/mol. The predicted molar refractivity (Wildman–Crippen MR) is 120 cm³/mol. The fraction of sp³-hybridized carbons (Fsp3) is 0.250. The van der Waals surface area contributed by atoms with Crippen LogP contribution in [0.15, 0.2) is 65.1 Å². The van der Waals surface area contributed by atoms with Crippen LogP contribution in [0.2, 0.25) is 0 Å². The fourth-order valence-corrected chi connectivity index (χ4v) is 4.66. The molecule has 0 bridgehead atoms. The Morgan fingerprint density at radius 3 is 2.44 bits per heavy atom. The van der Waals surface area contributed by atoms with Crippen LogP contribution in [0.3, 0.4) is 0 Å². The molecule has 0 saturated carbocycles. The molecule has 0 spiro atoms. The molecule has 0 aliphatic carbocycles. The molecule has 0 atom stereocenters. The zero-order valence-corrected chi connectivity index (χ0v) is 18.7. The maximum Gasteiger partial charge on any atom is 0.270 e. The SMILES string of the molecule is CCN(CC)S(=O)(=O)c1cc([N+](=O)[O-])ccc1N/N=C(\C)c1ccc(-n2cncn2)cc1. The molecule has 1 heterocycles. The van der Waals surface area contributed by atoms with Crippen molar-refractivity contribution in [2.45, 2.75) is 25.7 Å². The molecule has 2 aromatic carbocycles. The minimum atomic E-state index is -3.95. The summed E-state index contributed by atoms with van der Waals surface area (Å²) in [6.45, 7) is 5.65. The minimum absolute atomic E-state index is 0.154. The van der Waals surface area contributed by atoms with Crippen LogP contribution in [0.1, 0.15) is 26.3 Å². The lowest BCUT2D eigenvalue weighted by Crippen LogP contribution is -2.31. The zero-order chi connectivity index (χ0) is 23.3. The van der Waals surface area contributed by atoms with Crippen molar-refractivity contribution in [1.82, 2.24) is 19.1 Å². The zero-order valence-electron chi connectivity index (χ0n) is 17.8. The molecular weight excluding hydrogens is 434 g/mol. The van der Waals surface area contributed by atoms with Crippen LogP contribution in [0.5, 0.6) is 0 Å². The second kappa shape index (κ2) is 9.66. The normalized spacial score (nSPS) is 12.2. The monoisotopic (exact) mass is 457 g/mol. The molecule has 3 rings (SSSR count). The van der Waals surface area contributed by atoms with Gasteiger partial charge in [0.2, 0.25) is 10.0 Å². The molecule has 0 unspecified atom stereocenters. The Bertz CT molecular complexity index is 1220. The number of non-ortho nitro benzene ring substituents is 1. The van der Waals surface area contributed by atoms with E-state index in [2.05, 4.69) is 20.6 Å². The molecule has 0 saturated heterocycles. The molecule has 0 aliphatic heterocycles. The summed E-state index contributed by atoms with van der Waals surface area (Å²) in [6.07, 6.45) is 3.03. The molecule has 0 amide bonds. The number of nitrogens with one attached hydrogen (secondary N) is 1. The summed E-state index contributed by atoms with van der Waals surface area (Å²) >= 11 is 0. The summed E-state index contributed by atoms with van der Waals surface area (Å²) in [5.74, 6) is 0. The van der Waals surface area contributed by atoms with E-state index in [-0.39, 0.29) is 29.4 Å². The van der Waals surface area contributed by atoms with E-state index in [0.29, 0.717) is 5.71 Å². The highest BCUT2D eigenvalue weighted by atomic mass is 32.2. The number of rotatable bonds is 9. The van der Waals surface area contributed by atoms with Crippen molar-refractivity contribution in [3.8, 4) is 5.69 Å². The highest BCUT2D eigenvalue weighted by Crippen LogP contribution is 2.29. The third-order valence-corrected chi connectivity index (χ3v) is 6.90. The smallest absolute Gasteiger partial charge is 0.270 e. The fourth-order valence-electron chi connectivity index (χ4n) is 3.04. The van der Waals surface area contributed by atoms with Gasteiger partial charge in [0.25, 0.3) is 5.69 Å². The number of nitro groups is 1. The molecule has 0 radical (unpaired) electrons. The molecule has 1 N–H and O–H groups in total. The van der Waals surface area contributed by atoms with Crippen molar-refractivity contribution >= 4 is 27.1 Å². The minimum Gasteiger partial charge on any atom is -0.277 e. The van der Waals surface area contributed by atoms with E-state index >= 15 is 0 Å². The summed E-state index contributed by atoms with van der Waals surface area (Å²) in [4.78, 5) is 14.3. The van der Waals surface area contributed by atoms with Gasteiger partial charge in [-0.25, -0.2) is 18.1 Å². The van der Waals surface area contributed by atoms with Crippen LogP contribution in [0, 0.1) is 10.1 Å². The Labute approximate surface area is 185 Å². The average Bonchev–Trinajstić information content (AvgIpc) is 3.33. The van der Waals surface area contributed by atoms with Crippen molar-refractivity contribution in [2.24, 2.45) is 5.10 Å². The molecular formula is C20H23N7O4S. The largest absolute Gasteiger partial charge is 0.277 e. The second-order valence-electron chi connectivity index (χ2n) is 6.72. The first-order chi connectivity index (χ1) is 15.3.